The van der Waals surface area contributed by atoms with Crippen LogP contribution >= 0.6 is 11.6 Å². The van der Waals surface area contributed by atoms with E-state index in [4.69, 9.17) is 22.3 Å². The van der Waals surface area contributed by atoms with Crippen LogP contribution in [0.3, 0.4) is 0 Å². The summed E-state index contributed by atoms with van der Waals surface area (Å²) in [6.07, 6.45) is 9.74. The predicted molar refractivity (Wildman–Crippen MR) is 155 cm³/mol. The van der Waals surface area contributed by atoms with Crippen LogP contribution in [0, 0.1) is 12.8 Å². The molecule has 6 rings (SSSR count). The second kappa shape index (κ2) is 11.1. The Morgan fingerprint density at radius 1 is 1.23 bits per heavy atom. The maximum atomic E-state index is 13.0. The van der Waals surface area contributed by atoms with E-state index >= 15 is 0 Å². The molecule has 40 heavy (non-hydrogen) atoms. The van der Waals surface area contributed by atoms with Crippen LogP contribution in [0.25, 0.3) is 0 Å². The summed E-state index contributed by atoms with van der Waals surface area (Å²) in [6, 6.07) is 9.99. The van der Waals surface area contributed by atoms with E-state index in [1.165, 1.54) is 0 Å². The Labute approximate surface area is 238 Å². The molecule has 2 aliphatic heterocycles. The molecule has 10 nitrogen and oxygen atoms in total. The van der Waals surface area contributed by atoms with E-state index in [-0.39, 0.29) is 17.5 Å². The summed E-state index contributed by atoms with van der Waals surface area (Å²) in [7, 11) is 0. The van der Waals surface area contributed by atoms with Gasteiger partial charge < -0.3 is 16.0 Å². The second-order valence-electron chi connectivity index (χ2n) is 11.2. The number of piperidine rings is 1. The average Bonchev–Trinajstić information content (AvgIpc) is 3.52. The van der Waals surface area contributed by atoms with Gasteiger partial charge in [0.1, 0.15) is 5.82 Å². The number of anilines is 1. The fourth-order valence-electron chi connectivity index (χ4n) is 5.68. The molecule has 1 amide bonds. The number of aryl methyl sites for hydroxylation is 1. The first-order valence-electron chi connectivity index (χ1n) is 13.9. The van der Waals surface area contributed by atoms with Gasteiger partial charge in [0.25, 0.3) is 5.91 Å². The number of pyridine rings is 1. The van der Waals surface area contributed by atoms with Crippen molar-refractivity contribution in [1.29, 1.82) is 0 Å². The highest BCUT2D eigenvalue weighted by molar-refractivity contribution is 6.30. The van der Waals surface area contributed by atoms with Crippen molar-refractivity contribution in [2.45, 2.75) is 63.7 Å². The molecule has 3 N–H and O–H groups in total. The van der Waals surface area contributed by atoms with Crippen LogP contribution in [0.1, 0.15) is 58.4 Å². The first kappa shape index (κ1) is 26.6. The number of aromatic nitrogens is 3. The number of fused-ring (bicyclic) bond motifs is 1. The molecule has 0 bridgehead atoms. The van der Waals surface area contributed by atoms with Gasteiger partial charge in [-0.05, 0) is 85.1 Å². The molecule has 2 aromatic heterocycles. The molecule has 3 atom stereocenters. The van der Waals surface area contributed by atoms with E-state index in [2.05, 4.69) is 42.9 Å². The minimum Gasteiger partial charge on any atom is -0.356 e. The quantitative estimate of drug-likeness (QED) is 0.426. The fourth-order valence-corrected chi connectivity index (χ4v) is 5.87. The van der Waals surface area contributed by atoms with Gasteiger partial charge in [-0.25, -0.2) is 4.98 Å². The van der Waals surface area contributed by atoms with E-state index in [9.17, 15) is 4.79 Å². The van der Waals surface area contributed by atoms with Gasteiger partial charge >= 0.3 is 0 Å². The Hall–Kier alpha value is -3.63. The molecule has 2 fully saturated rings. The zero-order valence-corrected chi connectivity index (χ0v) is 23.4. The SMILES string of the molecule is Cc1nc(N2CC[C@@]3(N)C[C@H]3C2)ccc1Cn1cc(C(=O)NCc2cc(Cl)ccc2CC2CCC=NN=N2)cn1. The smallest absolute Gasteiger partial charge is 0.254 e. The van der Waals surface area contributed by atoms with Crippen molar-refractivity contribution in [2.75, 3.05) is 18.0 Å². The second-order valence-corrected chi connectivity index (χ2v) is 11.6. The maximum Gasteiger partial charge on any atom is 0.254 e. The summed E-state index contributed by atoms with van der Waals surface area (Å²) in [4.78, 5) is 20.2. The van der Waals surface area contributed by atoms with Crippen LogP contribution in [0.15, 0.2) is 58.2 Å². The predicted octanol–water partition coefficient (Wildman–Crippen LogP) is 4.29. The number of carbonyl (C=O) groups excluding carboxylic acids is 1. The Kier molecular flexibility index (Phi) is 7.37. The molecule has 1 aliphatic carbocycles. The summed E-state index contributed by atoms with van der Waals surface area (Å²) < 4.78 is 1.77. The van der Waals surface area contributed by atoms with Gasteiger partial charge in [0.05, 0.1) is 24.3 Å². The fraction of sp³-hybridized carbons (Fsp3) is 0.448. The molecule has 3 aliphatic rings. The summed E-state index contributed by atoms with van der Waals surface area (Å²) in [5.41, 5.74) is 11.0. The first-order valence-corrected chi connectivity index (χ1v) is 14.2. The molecular weight excluding hydrogens is 526 g/mol. The van der Waals surface area contributed by atoms with Crippen LogP contribution in [0.4, 0.5) is 5.82 Å². The normalized spacial score (nSPS) is 23.5. The van der Waals surface area contributed by atoms with Gasteiger partial charge in [-0.1, -0.05) is 23.7 Å². The molecule has 1 aromatic carbocycles. The van der Waals surface area contributed by atoms with Crippen molar-refractivity contribution < 1.29 is 4.79 Å². The molecule has 1 saturated heterocycles. The molecule has 11 heteroatoms. The highest BCUT2D eigenvalue weighted by Gasteiger charge is 2.53. The van der Waals surface area contributed by atoms with Crippen molar-refractivity contribution in [1.82, 2.24) is 20.1 Å². The summed E-state index contributed by atoms with van der Waals surface area (Å²) >= 11 is 6.28. The highest BCUT2D eigenvalue weighted by atomic mass is 35.5. The molecule has 3 aromatic rings. The highest BCUT2D eigenvalue weighted by Crippen LogP contribution is 2.47. The van der Waals surface area contributed by atoms with Crippen molar-refractivity contribution >= 4 is 29.5 Å². The van der Waals surface area contributed by atoms with Crippen molar-refractivity contribution in [3.05, 3.63) is 75.7 Å². The van der Waals surface area contributed by atoms with Gasteiger partial charge in [-0.2, -0.15) is 10.2 Å². The minimum absolute atomic E-state index is 0.0480. The summed E-state index contributed by atoms with van der Waals surface area (Å²) in [5, 5.41) is 20.1. The van der Waals surface area contributed by atoms with Crippen molar-refractivity contribution in [3.8, 4) is 0 Å². The lowest BCUT2D eigenvalue weighted by molar-refractivity contribution is 0.0950. The number of amides is 1. The van der Waals surface area contributed by atoms with Crippen molar-refractivity contribution in [3.63, 3.8) is 0 Å². The van der Waals surface area contributed by atoms with E-state index in [1.54, 1.807) is 23.3 Å². The molecule has 0 spiro atoms. The zero-order valence-electron chi connectivity index (χ0n) is 22.6. The van der Waals surface area contributed by atoms with E-state index in [0.29, 0.717) is 36.0 Å². The molecule has 1 saturated carbocycles. The number of hydrogen-bond acceptors (Lipinski definition) is 8. The zero-order chi connectivity index (χ0) is 27.7. The average molecular weight is 560 g/mol. The third-order valence-corrected chi connectivity index (χ3v) is 8.58. The number of nitrogens with zero attached hydrogens (tertiary/aromatic N) is 7. The Morgan fingerprint density at radius 3 is 2.95 bits per heavy atom. The van der Waals surface area contributed by atoms with E-state index in [0.717, 1.165) is 67.0 Å². The van der Waals surface area contributed by atoms with Crippen LogP contribution in [0.2, 0.25) is 5.02 Å². The Bertz CT molecular complexity index is 1470. The molecule has 4 heterocycles. The maximum absolute atomic E-state index is 13.0. The van der Waals surface area contributed by atoms with Gasteiger partial charge in [-0.15, -0.1) is 5.10 Å². The lowest BCUT2D eigenvalue weighted by Crippen LogP contribution is -2.42. The number of carbonyl (C=O) groups is 1. The molecular formula is C29H34ClN9O. The standard InChI is InChI=1S/C29H34ClN9O/c1-19-21(5-7-27(35-19)38-10-8-29(31)13-24(29)18-38)16-39-17-23(15-34-39)28(40)32-14-22-11-25(30)6-4-20(22)12-26-3-2-9-33-37-36-26/h4-7,9,11,15,17,24,26H,2-3,8,10,12-14,16,18,31H2,1H3,(H,32,40)/t24-,26?,29+/m0/s1. The number of rotatable bonds is 8. The van der Waals surface area contributed by atoms with Crippen LogP contribution in [-0.4, -0.2) is 51.6 Å². The number of hydrogen-bond donors (Lipinski definition) is 2. The van der Waals surface area contributed by atoms with Crippen LogP contribution in [0.5, 0.6) is 0 Å². The number of nitrogens with one attached hydrogen (secondary N) is 1. The number of halogens is 1. The minimum atomic E-state index is -0.189. The largest absolute Gasteiger partial charge is 0.356 e. The van der Waals surface area contributed by atoms with Gasteiger partial charge in [0, 0.05) is 48.3 Å². The molecule has 0 radical (unpaired) electrons. The first-order chi connectivity index (χ1) is 19.4. The Morgan fingerprint density at radius 2 is 2.10 bits per heavy atom. The Balaban J connectivity index is 1.06. The van der Waals surface area contributed by atoms with Gasteiger partial charge in [0.2, 0.25) is 0 Å². The lowest BCUT2D eigenvalue weighted by atomic mass is 9.98. The van der Waals surface area contributed by atoms with Crippen LogP contribution < -0.4 is 16.0 Å². The van der Waals surface area contributed by atoms with Crippen molar-refractivity contribution in [2.24, 2.45) is 27.1 Å². The monoisotopic (exact) mass is 559 g/mol. The van der Waals surface area contributed by atoms with E-state index < -0.39 is 0 Å². The van der Waals surface area contributed by atoms with E-state index in [1.807, 2.05) is 25.1 Å². The van der Waals surface area contributed by atoms with Crippen LogP contribution in [-0.2, 0) is 19.5 Å². The number of benzene rings is 1. The number of nitrogens with two attached hydrogens (primary N) is 1. The molecule has 208 valence electrons. The van der Waals surface area contributed by atoms with Gasteiger partial charge in [0.15, 0.2) is 0 Å². The van der Waals surface area contributed by atoms with Gasteiger partial charge in [-0.3, -0.25) is 9.48 Å². The topological polar surface area (TPSA) is 126 Å². The summed E-state index contributed by atoms with van der Waals surface area (Å²) in [6.45, 7) is 4.85. The molecule has 1 unspecified atom stereocenters. The summed E-state index contributed by atoms with van der Waals surface area (Å²) in [5.74, 6) is 1.41. The third kappa shape index (κ3) is 5.93. The lowest BCUT2D eigenvalue weighted by Gasteiger charge is -2.31. The third-order valence-electron chi connectivity index (χ3n) is 8.34.